The van der Waals surface area contributed by atoms with Crippen LogP contribution in [-0.4, -0.2) is 54.2 Å². The zero-order valence-corrected chi connectivity index (χ0v) is 16.4. The van der Waals surface area contributed by atoms with Crippen LogP contribution in [0, 0.1) is 0 Å². The third-order valence-electron chi connectivity index (χ3n) is 4.60. The van der Waals surface area contributed by atoms with Gasteiger partial charge in [0.2, 0.25) is 0 Å². The van der Waals surface area contributed by atoms with Crippen molar-refractivity contribution in [1.82, 2.24) is 9.88 Å². The van der Waals surface area contributed by atoms with Crippen molar-refractivity contribution in [2.24, 2.45) is 0 Å². The first-order valence-electron chi connectivity index (χ1n) is 8.93. The van der Waals surface area contributed by atoms with Crippen LogP contribution in [0.1, 0.15) is 43.2 Å². The molecular weight excluding hydrogens is 346 g/mol. The molecule has 24 heavy (non-hydrogen) atoms. The van der Waals surface area contributed by atoms with Gasteiger partial charge in [-0.3, -0.25) is 0 Å². The maximum Gasteiger partial charge on any atom is 0.273 e. The van der Waals surface area contributed by atoms with E-state index in [2.05, 4.69) is 19.1 Å². The van der Waals surface area contributed by atoms with Crippen LogP contribution in [-0.2, 0) is 17.6 Å². The van der Waals surface area contributed by atoms with Crippen molar-refractivity contribution in [3.8, 4) is 5.19 Å². The monoisotopic (exact) mass is 374 g/mol. The number of hydrogen-bond acceptors (Lipinski definition) is 5. The van der Waals surface area contributed by atoms with E-state index in [9.17, 15) is 4.39 Å². The summed E-state index contributed by atoms with van der Waals surface area (Å²) in [6.45, 7) is 5.65. The summed E-state index contributed by atoms with van der Waals surface area (Å²) in [4.78, 5) is 8.39. The molecule has 0 aliphatic carbocycles. The van der Waals surface area contributed by atoms with Crippen molar-refractivity contribution < 1.29 is 13.9 Å². The van der Waals surface area contributed by atoms with Crippen molar-refractivity contribution in [3.63, 3.8) is 0 Å². The third kappa shape index (κ3) is 5.62. The second-order valence-corrected chi connectivity index (χ2v) is 9.29. The maximum atomic E-state index is 13.5. The van der Waals surface area contributed by atoms with Crippen molar-refractivity contribution in [2.75, 3.05) is 32.8 Å². The molecule has 1 aromatic heterocycles. The fourth-order valence-electron chi connectivity index (χ4n) is 3.24. The molecule has 0 aromatic carbocycles. The Morgan fingerprint density at radius 1 is 1.42 bits per heavy atom. The Bertz CT molecular complexity index is 504. The van der Waals surface area contributed by atoms with E-state index >= 15 is 0 Å². The highest BCUT2D eigenvalue weighted by Crippen LogP contribution is 2.30. The lowest BCUT2D eigenvalue weighted by Crippen LogP contribution is -2.31. The minimum atomic E-state index is -1.40. The standard InChI is InChI=1S/C17H28FN2O2PS/c1-17(18,23)12-22-16-19-14-6-9-20(10-7-15(14)24-16)8-5-13-4-2-3-11-21-13/h13H,2-12,23H2,1H3/t13-,17?/m1/s1. The van der Waals surface area contributed by atoms with Gasteiger partial charge in [0.25, 0.3) is 5.19 Å². The summed E-state index contributed by atoms with van der Waals surface area (Å²) in [6.07, 6.45) is 7.30. The summed E-state index contributed by atoms with van der Waals surface area (Å²) in [5.41, 5.74) is 1.13. The molecular formula is C17H28FN2O2PS. The van der Waals surface area contributed by atoms with Gasteiger partial charge in [0.1, 0.15) is 6.61 Å². The topological polar surface area (TPSA) is 34.6 Å². The number of rotatable bonds is 6. The van der Waals surface area contributed by atoms with Crippen molar-refractivity contribution in [3.05, 3.63) is 10.6 Å². The van der Waals surface area contributed by atoms with E-state index in [-0.39, 0.29) is 6.61 Å². The molecule has 2 aliphatic heterocycles. The van der Waals surface area contributed by atoms with Crippen LogP contribution in [0.25, 0.3) is 0 Å². The third-order valence-corrected chi connectivity index (χ3v) is 5.83. The van der Waals surface area contributed by atoms with Gasteiger partial charge < -0.3 is 14.4 Å². The Balaban J connectivity index is 1.46. The zero-order chi connectivity index (χ0) is 17.0. The lowest BCUT2D eigenvalue weighted by molar-refractivity contribution is 0.00572. The van der Waals surface area contributed by atoms with E-state index in [0.717, 1.165) is 51.2 Å². The number of hydrogen-bond donors (Lipinski definition) is 0. The molecule has 1 saturated heterocycles. The minimum Gasteiger partial charge on any atom is -0.466 e. The average Bonchev–Trinajstić information content (AvgIpc) is 2.85. The number of alkyl halides is 1. The number of thiazole rings is 1. The molecule has 136 valence electrons. The Hall–Kier alpha value is -0.290. The first-order chi connectivity index (χ1) is 11.5. The van der Waals surface area contributed by atoms with Crippen LogP contribution in [0.4, 0.5) is 4.39 Å². The molecule has 4 nitrogen and oxygen atoms in total. The number of nitrogens with zero attached hydrogens (tertiary/aromatic N) is 2. The van der Waals surface area contributed by atoms with Crippen LogP contribution in [0.5, 0.6) is 5.19 Å². The predicted molar refractivity (Wildman–Crippen MR) is 98.9 cm³/mol. The van der Waals surface area contributed by atoms with Gasteiger partial charge in [-0.15, -0.1) is 0 Å². The molecule has 0 spiro atoms. The summed E-state index contributed by atoms with van der Waals surface area (Å²) < 4.78 is 24.8. The number of fused-ring (bicyclic) bond motifs is 1. The molecule has 1 fully saturated rings. The van der Waals surface area contributed by atoms with E-state index in [0.29, 0.717) is 11.3 Å². The second kappa shape index (κ2) is 8.39. The zero-order valence-electron chi connectivity index (χ0n) is 14.4. The Morgan fingerprint density at radius 3 is 3.00 bits per heavy atom. The average molecular weight is 374 g/mol. The summed E-state index contributed by atoms with van der Waals surface area (Å²) >= 11 is 1.58. The number of aromatic nitrogens is 1. The van der Waals surface area contributed by atoms with Gasteiger partial charge in [-0.1, -0.05) is 20.6 Å². The molecule has 7 heteroatoms. The van der Waals surface area contributed by atoms with E-state index < -0.39 is 5.41 Å². The van der Waals surface area contributed by atoms with Gasteiger partial charge in [-0.2, -0.15) is 0 Å². The molecule has 0 amide bonds. The fourth-order valence-corrected chi connectivity index (χ4v) is 4.26. The van der Waals surface area contributed by atoms with Crippen molar-refractivity contribution in [2.45, 2.75) is 57.0 Å². The lowest BCUT2D eigenvalue weighted by atomic mass is 10.1. The SMILES string of the molecule is CC(F)(P)COc1nc2c(s1)CCN(CC[C@H]1CCCCO1)CC2. The molecule has 0 bridgehead atoms. The quantitative estimate of drug-likeness (QED) is 0.715. The van der Waals surface area contributed by atoms with Gasteiger partial charge in [0.15, 0.2) is 5.41 Å². The summed E-state index contributed by atoms with van der Waals surface area (Å²) in [5.74, 6) is 0. The smallest absolute Gasteiger partial charge is 0.273 e. The van der Waals surface area contributed by atoms with Crippen LogP contribution < -0.4 is 4.74 Å². The molecule has 1 aromatic rings. The number of halogens is 1. The van der Waals surface area contributed by atoms with E-state index in [1.54, 1.807) is 11.3 Å². The molecule has 3 heterocycles. The summed E-state index contributed by atoms with van der Waals surface area (Å²) in [5, 5.41) is -0.795. The highest BCUT2D eigenvalue weighted by Gasteiger charge is 2.22. The molecule has 3 atom stereocenters. The molecule has 3 rings (SSSR count). The summed E-state index contributed by atoms with van der Waals surface area (Å²) in [7, 11) is 2.16. The van der Waals surface area contributed by atoms with Gasteiger partial charge >= 0.3 is 0 Å². The van der Waals surface area contributed by atoms with Crippen LogP contribution in [0.3, 0.4) is 0 Å². The van der Waals surface area contributed by atoms with Crippen LogP contribution in [0.2, 0.25) is 0 Å². The highest BCUT2D eigenvalue weighted by atomic mass is 32.1. The van der Waals surface area contributed by atoms with E-state index in [1.165, 1.54) is 31.1 Å². The maximum absolute atomic E-state index is 13.5. The number of ether oxygens (including phenoxy) is 2. The Labute approximate surface area is 150 Å². The van der Waals surface area contributed by atoms with Crippen LogP contribution >= 0.6 is 20.6 Å². The van der Waals surface area contributed by atoms with Gasteiger partial charge in [-0.25, -0.2) is 9.37 Å². The Kier molecular flexibility index (Phi) is 6.47. The molecule has 0 saturated carbocycles. The van der Waals surface area contributed by atoms with Crippen LogP contribution in [0.15, 0.2) is 0 Å². The largest absolute Gasteiger partial charge is 0.466 e. The van der Waals surface area contributed by atoms with Gasteiger partial charge in [0.05, 0.1) is 11.8 Å². The lowest BCUT2D eigenvalue weighted by Gasteiger charge is -2.26. The van der Waals surface area contributed by atoms with Crippen molar-refractivity contribution >= 4 is 20.6 Å². The first kappa shape index (κ1) is 18.5. The second-order valence-electron chi connectivity index (χ2n) is 7.04. The first-order valence-corrected chi connectivity index (χ1v) is 10.3. The van der Waals surface area contributed by atoms with Gasteiger partial charge in [0, 0.05) is 37.5 Å². The predicted octanol–water partition coefficient (Wildman–Crippen LogP) is 3.44. The molecule has 2 aliphatic rings. The Morgan fingerprint density at radius 2 is 2.25 bits per heavy atom. The van der Waals surface area contributed by atoms with Gasteiger partial charge in [-0.05, 0) is 39.0 Å². The molecule has 0 N–H and O–H groups in total. The fraction of sp³-hybridized carbons (Fsp3) is 0.824. The molecule has 2 unspecified atom stereocenters. The van der Waals surface area contributed by atoms with E-state index in [4.69, 9.17) is 9.47 Å². The summed E-state index contributed by atoms with van der Waals surface area (Å²) in [6, 6.07) is 0. The highest BCUT2D eigenvalue weighted by molar-refractivity contribution is 7.18. The minimum absolute atomic E-state index is 0.0254. The van der Waals surface area contributed by atoms with E-state index in [1.807, 2.05) is 0 Å². The van der Waals surface area contributed by atoms with Crippen molar-refractivity contribution in [1.29, 1.82) is 0 Å². The normalized spacial score (nSPS) is 24.9. The molecule has 0 radical (unpaired) electrons.